The Labute approximate surface area is 121 Å². The summed E-state index contributed by atoms with van der Waals surface area (Å²) in [6.45, 7) is 7.07. The smallest absolute Gasteiger partial charge is 0.136 e. The molecule has 0 heterocycles. The molecule has 1 atom stereocenters. The van der Waals surface area contributed by atoms with Crippen molar-refractivity contribution in [1.82, 2.24) is 0 Å². The molecule has 0 bridgehead atoms. The lowest BCUT2D eigenvalue weighted by Crippen LogP contribution is -2.18. The van der Waals surface area contributed by atoms with E-state index in [1.54, 1.807) is 0 Å². The molecule has 2 aromatic rings. The Kier molecular flexibility index (Phi) is 4.46. The fourth-order valence-corrected chi connectivity index (χ4v) is 2.12. The SMILES string of the molecule is CC(C)(C)c1ccc(OC(CN)c2ccccc2)cc1. The first kappa shape index (κ1) is 14.6. The number of ether oxygens (including phenoxy) is 1. The van der Waals surface area contributed by atoms with Crippen LogP contribution in [0.15, 0.2) is 54.6 Å². The molecule has 0 fully saturated rings. The Morgan fingerprint density at radius 1 is 0.950 bits per heavy atom. The second kappa shape index (κ2) is 6.10. The van der Waals surface area contributed by atoms with Crippen molar-refractivity contribution in [3.05, 3.63) is 65.7 Å². The van der Waals surface area contributed by atoms with E-state index in [4.69, 9.17) is 10.5 Å². The molecule has 2 rings (SSSR count). The maximum Gasteiger partial charge on any atom is 0.136 e. The van der Waals surface area contributed by atoms with Gasteiger partial charge in [-0.05, 0) is 28.7 Å². The Morgan fingerprint density at radius 2 is 1.55 bits per heavy atom. The number of hydrogen-bond donors (Lipinski definition) is 1. The molecule has 1 unspecified atom stereocenters. The number of hydrogen-bond acceptors (Lipinski definition) is 2. The predicted molar refractivity (Wildman–Crippen MR) is 84.0 cm³/mol. The van der Waals surface area contributed by atoms with Crippen molar-refractivity contribution in [2.24, 2.45) is 5.73 Å². The van der Waals surface area contributed by atoms with Gasteiger partial charge in [0.15, 0.2) is 0 Å². The standard InChI is InChI=1S/C18H23NO/c1-18(2,3)15-9-11-16(12-10-15)20-17(13-19)14-7-5-4-6-8-14/h4-12,17H,13,19H2,1-3H3. The highest BCUT2D eigenvalue weighted by molar-refractivity contribution is 5.32. The summed E-state index contributed by atoms with van der Waals surface area (Å²) in [5, 5.41) is 0. The van der Waals surface area contributed by atoms with Gasteiger partial charge >= 0.3 is 0 Å². The molecule has 0 aromatic heterocycles. The van der Waals surface area contributed by atoms with Crippen LogP contribution in [0, 0.1) is 0 Å². The Bertz CT molecular complexity index is 526. The average Bonchev–Trinajstić information content (AvgIpc) is 2.45. The lowest BCUT2D eigenvalue weighted by atomic mass is 9.87. The molecule has 0 spiro atoms. The molecule has 0 saturated carbocycles. The summed E-state index contributed by atoms with van der Waals surface area (Å²) in [6, 6.07) is 18.4. The van der Waals surface area contributed by atoms with E-state index >= 15 is 0 Å². The third kappa shape index (κ3) is 3.61. The Balaban J connectivity index is 2.13. The molecule has 106 valence electrons. The van der Waals surface area contributed by atoms with Crippen molar-refractivity contribution in [1.29, 1.82) is 0 Å². The first-order chi connectivity index (χ1) is 9.50. The number of benzene rings is 2. The van der Waals surface area contributed by atoms with Gasteiger partial charge in [-0.3, -0.25) is 0 Å². The molecule has 0 aliphatic rings. The summed E-state index contributed by atoms with van der Waals surface area (Å²) >= 11 is 0. The van der Waals surface area contributed by atoms with E-state index in [1.165, 1.54) is 5.56 Å². The Morgan fingerprint density at radius 3 is 2.05 bits per heavy atom. The van der Waals surface area contributed by atoms with Gasteiger partial charge in [0.05, 0.1) is 0 Å². The summed E-state index contributed by atoms with van der Waals surface area (Å²) in [4.78, 5) is 0. The normalized spacial score (nSPS) is 13.0. The quantitative estimate of drug-likeness (QED) is 0.908. The lowest BCUT2D eigenvalue weighted by Gasteiger charge is -2.21. The van der Waals surface area contributed by atoms with Crippen molar-refractivity contribution in [2.45, 2.75) is 32.3 Å². The monoisotopic (exact) mass is 269 g/mol. The van der Waals surface area contributed by atoms with Crippen molar-refractivity contribution >= 4 is 0 Å². The molecule has 2 nitrogen and oxygen atoms in total. The van der Waals surface area contributed by atoms with Crippen molar-refractivity contribution < 1.29 is 4.74 Å². The van der Waals surface area contributed by atoms with E-state index in [0.29, 0.717) is 6.54 Å². The van der Waals surface area contributed by atoms with Crippen LogP contribution in [0.4, 0.5) is 0 Å². The van der Waals surface area contributed by atoms with Crippen LogP contribution >= 0.6 is 0 Å². The van der Waals surface area contributed by atoms with Crippen molar-refractivity contribution in [2.75, 3.05) is 6.54 Å². The summed E-state index contributed by atoms with van der Waals surface area (Å²) in [7, 11) is 0. The summed E-state index contributed by atoms with van der Waals surface area (Å²) in [5.41, 5.74) is 8.39. The highest BCUT2D eigenvalue weighted by Gasteiger charge is 2.14. The van der Waals surface area contributed by atoms with Gasteiger partial charge in [0.2, 0.25) is 0 Å². The molecule has 0 aliphatic carbocycles. The van der Waals surface area contributed by atoms with Crippen molar-refractivity contribution in [3.63, 3.8) is 0 Å². The summed E-state index contributed by atoms with van der Waals surface area (Å²) < 4.78 is 5.99. The van der Waals surface area contributed by atoms with E-state index in [2.05, 4.69) is 32.9 Å². The summed E-state index contributed by atoms with van der Waals surface area (Å²) in [6.07, 6.45) is -0.100. The molecule has 0 radical (unpaired) electrons. The lowest BCUT2D eigenvalue weighted by molar-refractivity contribution is 0.214. The maximum absolute atomic E-state index is 5.99. The molecular weight excluding hydrogens is 246 g/mol. The van der Waals surface area contributed by atoms with Gasteiger partial charge in [-0.15, -0.1) is 0 Å². The Hall–Kier alpha value is -1.80. The van der Waals surface area contributed by atoms with Gasteiger partial charge in [0.25, 0.3) is 0 Å². The van der Waals surface area contributed by atoms with Gasteiger partial charge in [-0.2, -0.15) is 0 Å². The van der Waals surface area contributed by atoms with Crippen LogP contribution in [-0.2, 0) is 5.41 Å². The van der Waals surface area contributed by atoms with Gasteiger partial charge in [-0.1, -0.05) is 63.2 Å². The van der Waals surface area contributed by atoms with Crippen LogP contribution in [0.5, 0.6) is 5.75 Å². The largest absolute Gasteiger partial charge is 0.484 e. The molecule has 2 N–H and O–H groups in total. The minimum absolute atomic E-state index is 0.100. The average molecular weight is 269 g/mol. The molecule has 20 heavy (non-hydrogen) atoms. The van der Waals surface area contributed by atoms with Crippen LogP contribution in [0.3, 0.4) is 0 Å². The zero-order valence-corrected chi connectivity index (χ0v) is 12.5. The predicted octanol–water partition coefficient (Wildman–Crippen LogP) is 4.06. The highest BCUT2D eigenvalue weighted by Crippen LogP contribution is 2.26. The zero-order chi connectivity index (χ0) is 14.6. The first-order valence-corrected chi connectivity index (χ1v) is 7.03. The van der Waals surface area contributed by atoms with E-state index in [1.807, 2.05) is 42.5 Å². The fraction of sp³-hybridized carbons (Fsp3) is 0.333. The second-order valence-electron chi connectivity index (χ2n) is 6.03. The number of rotatable bonds is 4. The molecule has 2 heteroatoms. The molecule has 0 amide bonds. The fourth-order valence-electron chi connectivity index (χ4n) is 2.12. The van der Waals surface area contributed by atoms with Crippen LogP contribution < -0.4 is 10.5 Å². The van der Waals surface area contributed by atoms with Gasteiger partial charge < -0.3 is 10.5 Å². The third-order valence-electron chi connectivity index (χ3n) is 3.38. The number of nitrogens with two attached hydrogens (primary N) is 1. The van der Waals surface area contributed by atoms with Crippen LogP contribution in [0.2, 0.25) is 0 Å². The van der Waals surface area contributed by atoms with Crippen LogP contribution in [0.1, 0.15) is 38.0 Å². The summed E-state index contributed by atoms with van der Waals surface area (Å²) in [5.74, 6) is 0.859. The second-order valence-corrected chi connectivity index (χ2v) is 6.03. The van der Waals surface area contributed by atoms with Crippen LogP contribution in [-0.4, -0.2) is 6.54 Å². The van der Waals surface area contributed by atoms with E-state index < -0.39 is 0 Å². The van der Waals surface area contributed by atoms with E-state index in [-0.39, 0.29) is 11.5 Å². The third-order valence-corrected chi connectivity index (χ3v) is 3.38. The molecular formula is C18H23NO. The van der Waals surface area contributed by atoms with Gasteiger partial charge in [0.1, 0.15) is 11.9 Å². The minimum atomic E-state index is -0.100. The van der Waals surface area contributed by atoms with E-state index in [9.17, 15) is 0 Å². The first-order valence-electron chi connectivity index (χ1n) is 7.03. The molecule has 2 aromatic carbocycles. The van der Waals surface area contributed by atoms with Gasteiger partial charge in [-0.25, -0.2) is 0 Å². The maximum atomic E-state index is 5.99. The zero-order valence-electron chi connectivity index (χ0n) is 12.5. The van der Waals surface area contributed by atoms with Crippen LogP contribution in [0.25, 0.3) is 0 Å². The molecule has 0 saturated heterocycles. The van der Waals surface area contributed by atoms with Crippen molar-refractivity contribution in [3.8, 4) is 5.75 Å². The topological polar surface area (TPSA) is 35.2 Å². The molecule has 0 aliphatic heterocycles. The minimum Gasteiger partial charge on any atom is -0.484 e. The van der Waals surface area contributed by atoms with E-state index in [0.717, 1.165) is 11.3 Å². The van der Waals surface area contributed by atoms with Gasteiger partial charge in [0, 0.05) is 6.54 Å². The highest BCUT2D eigenvalue weighted by atomic mass is 16.5.